The van der Waals surface area contributed by atoms with Crippen molar-refractivity contribution in [3.63, 3.8) is 0 Å². The lowest BCUT2D eigenvalue weighted by Gasteiger charge is -2.14. The third-order valence-corrected chi connectivity index (χ3v) is 3.91. The van der Waals surface area contributed by atoms with E-state index in [-0.39, 0.29) is 17.6 Å². The molecule has 5 nitrogen and oxygen atoms in total. The van der Waals surface area contributed by atoms with Crippen LogP contribution in [0.25, 0.3) is 11.0 Å². The molecule has 2 aromatic carbocycles. The van der Waals surface area contributed by atoms with Crippen molar-refractivity contribution < 1.29 is 9.18 Å². The molecule has 25 heavy (non-hydrogen) atoms. The van der Waals surface area contributed by atoms with Crippen LogP contribution < -0.4 is 10.6 Å². The molecule has 2 N–H and O–H groups in total. The average molecular weight is 340 g/mol. The van der Waals surface area contributed by atoms with E-state index in [4.69, 9.17) is 4.98 Å². The molecule has 0 spiro atoms. The molecule has 0 aliphatic rings. The predicted molar refractivity (Wildman–Crippen MR) is 98.1 cm³/mol. The Morgan fingerprint density at radius 2 is 2.00 bits per heavy atom. The van der Waals surface area contributed by atoms with Gasteiger partial charge in [-0.25, -0.2) is 9.37 Å². The summed E-state index contributed by atoms with van der Waals surface area (Å²) in [5.41, 5.74) is 2.92. The SMILES string of the molecule is CC(=O)Nc1cc(NCc2nc3ccccc3n2C(C)C)ccc1F. The number of anilines is 2. The fourth-order valence-corrected chi connectivity index (χ4v) is 2.90. The number of amides is 1. The number of benzene rings is 2. The van der Waals surface area contributed by atoms with Crippen molar-refractivity contribution in [1.29, 1.82) is 0 Å². The maximum Gasteiger partial charge on any atom is 0.221 e. The number of imidazole rings is 1. The first kappa shape index (κ1) is 17.0. The van der Waals surface area contributed by atoms with Crippen molar-refractivity contribution in [2.45, 2.75) is 33.4 Å². The van der Waals surface area contributed by atoms with Gasteiger partial charge in [0.05, 0.1) is 23.3 Å². The van der Waals surface area contributed by atoms with Crippen LogP contribution in [0.3, 0.4) is 0 Å². The molecule has 0 aliphatic carbocycles. The third-order valence-electron chi connectivity index (χ3n) is 3.91. The number of carbonyl (C=O) groups excluding carboxylic acids is 1. The van der Waals surface area contributed by atoms with Crippen LogP contribution in [0.5, 0.6) is 0 Å². The molecule has 0 atom stereocenters. The quantitative estimate of drug-likeness (QED) is 0.727. The van der Waals surface area contributed by atoms with Crippen molar-refractivity contribution in [2.75, 3.05) is 10.6 Å². The molecule has 1 aromatic heterocycles. The molecule has 0 saturated heterocycles. The van der Waals surface area contributed by atoms with Crippen LogP contribution in [-0.2, 0) is 11.3 Å². The van der Waals surface area contributed by atoms with E-state index < -0.39 is 5.82 Å². The van der Waals surface area contributed by atoms with E-state index in [1.54, 1.807) is 12.1 Å². The number of hydrogen-bond donors (Lipinski definition) is 2. The van der Waals surface area contributed by atoms with E-state index >= 15 is 0 Å². The number of nitrogens with one attached hydrogen (secondary N) is 2. The van der Waals surface area contributed by atoms with Gasteiger partial charge in [0.1, 0.15) is 11.6 Å². The Bertz CT molecular complexity index is 917. The van der Waals surface area contributed by atoms with E-state index in [2.05, 4.69) is 35.1 Å². The highest BCUT2D eigenvalue weighted by Gasteiger charge is 2.13. The van der Waals surface area contributed by atoms with Crippen LogP contribution in [0.15, 0.2) is 42.5 Å². The maximum absolute atomic E-state index is 13.7. The largest absolute Gasteiger partial charge is 0.378 e. The second kappa shape index (κ2) is 6.93. The Hall–Kier alpha value is -2.89. The molecular weight excluding hydrogens is 319 g/mol. The molecule has 0 radical (unpaired) electrons. The maximum atomic E-state index is 13.7. The van der Waals surface area contributed by atoms with Gasteiger partial charge in [0.15, 0.2) is 0 Å². The van der Waals surface area contributed by atoms with Crippen LogP contribution >= 0.6 is 0 Å². The zero-order chi connectivity index (χ0) is 18.0. The lowest BCUT2D eigenvalue weighted by atomic mass is 10.2. The van der Waals surface area contributed by atoms with Gasteiger partial charge in [-0.05, 0) is 44.2 Å². The number of halogens is 1. The molecule has 1 amide bonds. The minimum atomic E-state index is -0.463. The number of rotatable bonds is 5. The molecule has 0 fully saturated rings. The summed E-state index contributed by atoms with van der Waals surface area (Å²) in [7, 11) is 0. The van der Waals surface area contributed by atoms with Gasteiger partial charge in [-0.2, -0.15) is 0 Å². The summed E-state index contributed by atoms with van der Waals surface area (Å²) < 4.78 is 15.9. The Kier molecular flexibility index (Phi) is 4.70. The van der Waals surface area contributed by atoms with E-state index in [0.717, 1.165) is 16.9 Å². The van der Waals surface area contributed by atoms with Gasteiger partial charge < -0.3 is 15.2 Å². The molecule has 0 unspecified atom stereocenters. The smallest absolute Gasteiger partial charge is 0.221 e. The number of aromatic nitrogens is 2. The Labute approximate surface area is 145 Å². The zero-order valence-corrected chi connectivity index (χ0v) is 14.5. The highest BCUT2D eigenvalue weighted by Crippen LogP contribution is 2.23. The van der Waals surface area contributed by atoms with E-state index in [1.165, 1.54) is 13.0 Å². The molecule has 0 aliphatic heterocycles. The predicted octanol–water partition coefficient (Wildman–Crippen LogP) is 4.33. The van der Waals surface area contributed by atoms with Gasteiger partial charge in [-0.15, -0.1) is 0 Å². The summed E-state index contributed by atoms with van der Waals surface area (Å²) in [5, 5.41) is 5.74. The number of nitrogens with zero attached hydrogens (tertiary/aromatic N) is 2. The fourth-order valence-electron chi connectivity index (χ4n) is 2.90. The summed E-state index contributed by atoms with van der Waals surface area (Å²) in [4.78, 5) is 15.9. The van der Waals surface area contributed by atoms with Crippen LogP contribution in [0.2, 0.25) is 0 Å². The molecular formula is C19H21FN4O. The van der Waals surface area contributed by atoms with Crippen molar-refractivity contribution >= 4 is 28.3 Å². The van der Waals surface area contributed by atoms with Gasteiger partial charge >= 0.3 is 0 Å². The first-order valence-electron chi connectivity index (χ1n) is 8.22. The molecule has 3 aromatic rings. The van der Waals surface area contributed by atoms with Crippen molar-refractivity contribution in [2.24, 2.45) is 0 Å². The molecule has 130 valence electrons. The number of carbonyl (C=O) groups is 1. The minimum absolute atomic E-state index is 0.162. The van der Waals surface area contributed by atoms with E-state index in [0.29, 0.717) is 12.2 Å². The number of fused-ring (bicyclic) bond motifs is 1. The van der Waals surface area contributed by atoms with Gasteiger partial charge in [0.25, 0.3) is 0 Å². The van der Waals surface area contributed by atoms with Gasteiger partial charge in [0, 0.05) is 18.7 Å². The average Bonchev–Trinajstić information content (AvgIpc) is 2.93. The molecule has 0 bridgehead atoms. The lowest BCUT2D eigenvalue weighted by molar-refractivity contribution is -0.114. The fraction of sp³-hybridized carbons (Fsp3) is 0.263. The minimum Gasteiger partial charge on any atom is -0.378 e. The van der Waals surface area contributed by atoms with E-state index in [1.807, 2.05) is 18.2 Å². The summed E-state index contributed by atoms with van der Waals surface area (Å²) >= 11 is 0. The van der Waals surface area contributed by atoms with Gasteiger partial charge in [0.2, 0.25) is 5.91 Å². The molecule has 6 heteroatoms. The summed E-state index contributed by atoms with van der Waals surface area (Å²) in [6.45, 7) is 6.08. The second-order valence-corrected chi connectivity index (χ2v) is 6.21. The standard InChI is InChI=1S/C19H21FN4O/c1-12(2)24-18-7-5-4-6-16(18)23-19(24)11-21-14-8-9-15(20)17(10-14)22-13(3)25/h4-10,12,21H,11H2,1-3H3,(H,22,25). The zero-order valence-electron chi connectivity index (χ0n) is 14.5. The van der Waals surface area contributed by atoms with Crippen LogP contribution in [-0.4, -0.2) is 15.5 Å². The second-order valence-electron chi connectivity index (χ2n) is 6.21. The van der Waals surface area contributed by atoms with Crippen LogP contribution in [0, 0.1) is 5.82 Å². The molecule has 0 saturated carbocycles. The monoisotopic (exact) mass is 340 g/mol. The van der Waals surface area contributed by atoms with Crippen molar-refractivity contribution in [3.05, 3.63) is 54.1 Å². The highest BCUT2D eigenvalue weighted by molar-refractivity contribution is 5.89. The molecule has 1 heterocycles. The van der Waals surface area contributed by atoms with Crippen LogP contribution in [0.4, 0.5) is 15.8 Å². The Morgan fingerprint density at radius 1 is 1.24 bits per heavy atom. The number of hydrogen-bond acceptors (Lipinski definition) is 3. The van der Waals surface area contributed by atoms with Crippen molar-refractivity contribution in [1.82, 2.24) is 9.55 Å². The Morgan fingerprint density at radius 3 is 2.72 bits per heavy atom. The van der Waals surface area contributed by atoms with E-state index in [9.17, 15) is 9.18 Å². The van der Waals surface area contributed by atoms with Gasteiger partial charge in [-0.3, -0.25) is 4.79 Å². The molecule has 3 rings (SSSR count). The van der Waals surface area contributed by atoms with Gasteiger partial charge in [-0.1, -0.05) is 12.1 Å². The highest BCUT2D eigenvalue weighted by atomic mass is 19.1. The lowest BCUT2D eigenvalue weighted by Crippen LogP contribution is -2.11. The third kappa shape index (κ3) is 3.63. The summed E-state index contributed by atoms with van der Waals surface area (Å²) in [6, 6.07) is 12.8. The summed E-state index contributed by atoms with van der Waals surface area (Å²) in [6.07, 6.45) is 0. The van der Waals surface area contributed by atoms with Crippen molar-refractivity contribution in [3.8, 4) is 0 Å². The first-order valence-corrected chi connectivity index (χ1v) is 8.22. The number of para-hydroxylation sites is 2. The normalized spacial score (nSPS) is 11.1. The Balaban J connectivity index is 1.86. The first-order chi connectivity index (χ1) is 12.0. The topological polar surface area (TPSA) is 59.0 Å². The van der Waals surface area contributed by atoms with Crippen LogP contribution in [0.1, 0.15) is 32.6 Å². The summed E-state index contributed by atoms with van der Waals surface area (Å²) in [5.74, 6) is 0.134.